The van der Waals surface area contributed by atoms with Gasteiger partial charge in [0.1, 0.15) is 5.82 Å². The van der Waals surface area contributed by atoms with Crippen molar-refractivity contribution in [1.29, 1.82) is 0 Å². The van der Waals surface area contributed by atoms with Crippen molar-refractivity contribution in [3.63, 3.8) is 0 Å². The lowest BCUT2D eigenvalue weighted by molar-refractivity contribution is 0.0974. The predicted molar refractivity (Wildman–Crippen MR) is 60.9 cm³/mol. The molecule has 0 saturated carbocycles. The quantitative estimate of drug-likeness (QED) is 0.791. The lowest BCUT2D eigenvalue weighted by atomic mass is 9.98. The van der Waals surface area contributed by atoms with E-state index < -0.39 is 0 Å². The van der Waals surface area contributed by atoms with Gasteiger partial charge in [-0.1, -0.05) is 0 Å². The number of hydrogen-bond acceptors (Lipinski definition) is 2. The van der Waals surface area contributed by atoms with Crippen molar-refractivity contribution < 1.29 is 9.18 Å². The molecule has 0 spiro atoms. The predicted octanol–water partition coefficient (Wildman–Crippen LogP) is 2.40. The summed E-state index contributed by atoms with van der Waals surface area (Å²) >= 11 is 0. The Morgan fingerprint density at radius 1 is 1.38 bits per heavy atom. The van der Waals surface area contributed by atoms with Crippen LogP contribution in [-0.4, -0.2) is 18.9 Å². The number of rotatable bonds is 4. The maximum absolute atomic E-state index is 12.7. The Labute approximate surface area is 94.9 Å². The zero-order chi connectivity index (χ0) is 11.4. The van der Waals surface area contributed by atoms with Crippen LogP contribution < -0.4 is 5.32 Å². The van der Waals surface area contributed by atoms with Crippen LogP contribution in [0.4, 0.5) is 4.39 Å². The molecule has 0 bridgehead atoms. The molecule has 3 heteroatoms. The smallest absolute Gasteiger partial charge is 0.162 e. The Morgan fingerprint density at radius 2 is 2.12 bits per heavy atom. The summed E-state index contributed by atoms with van der Waals surface area (Å²) in [6, 6.07) is 5.80. The van der Waals surface area contributed by atoms with E-state index in [1.165, 1.54) is 12.1 Å². The molecule has 1 aromatic rings. The van der Waals surface area contributed by atoms with Crippen LogP contribution in [0.1, 0.15) is 29.6 Å². The molecule has 16 heavy (non-hydrogen) atoms. The number of halogens is 1. The second-order valence-corrected chi connectivity index (χ2v) is 4.33. The summed E-state index contributed by atoms with van der Waals surface area (Å²) in [5, 5.41) is 3.28. The number of Topliss-reactive ketones (excluding diaryl/α,β-unsaturated/α-hetero) is 1. The number of benzene rings is 1. The van der Waals surface area contributed by atoms with E-state index in [0.29, 0.717) is 17.9 Å². The zero-order valence-electron chi connectivity index (χ0n) is 9.21. The van der Waals surface area contributed by atoms with Crippen molar-refractivity contribution >= 4 is 5.78 Å². The maximum atomic E-state index is 12.7. The van der Waals surface area contributed by atoms with Gasteiger partial charge in [-0.25, -0.2) is 4.39 Å². The van der Waals surface area contributed by atoms with Crippen molar-refractivity contribution in [3.8, 4) is 0 Å². The molecule has 1 N–H and O–H groups in total. The summed E-state index contributed by atoms with van der Waals surface area (Å²) in [7, 11) is 0. The van der Waals surface area contributed by atoms with Crippen molar-refractivity contribution in [3.05, 3.63) is 35.6 Å². The van der Waals surface area contributed by atoms with Crippen molar-refractivity contribution in [1.82, 2.24) is 5.32 Å². The second-order valence-electron chi connectivity index (χ2n) is 4.33. The van der Waals surface area contributed by atoms with Crippen LogP contribution in [0, 0.1) is 11.7 Å². The van der Waals surface area contributed by atoms with Gasteiger partial charge in [-0.15, -0.1) is 0 Å². The van der Waals surface area contributed by atoms with Crippen molar-refractivity contribution in [2.75, 3.05) is 13.1 Å². The van der Waals surface area contributed by atoms with Crippen LogP contribution in [0.5, 0.6) is 0 Å². The molecule has 1 aliphatic rings. The largest absolute Gasteiger partial charge is 0.316 e. The lowest BCUT2D eigenvalue weighted by Crippen LogP contribution is -2.10. The van der Waals surface area contributed by atoms with E-state index >= 15 is 0 Å². The van der Waals surface area contributed by atoms with E-state index in [-0.39, 0.29) is 11.6 Å². The molecule has 86 valence electrons. The minimum atomic E-state index is -0.295. The molecule has 1 unspecified atom stereocenters. The van der Waals surface area contributed by atoms with E-state index in [1.54, 1.807) is 12.1 Å². The van der Waals surface area contributed by atoms with E-state index in [0.717, 1.165) is 25.9 Å². The maximum Gasteiger partial charge on any atom is 0.162 e. The van der Waals surface area contributed by atoms with Crippen LogP contribution in [-0.2, 0) is 0 Å². The normalized spacial score (nSPS) is 19.9. The van der Waals surface area contributed by atoms with Gasteiger partial charge >= 0.3 is 0 Å². The minimum Gasteiger partial charge on any atom is -0.316 e. The fourth-order valence-electron chi connectivity index (χ4n) is 2.08. The van der Waals surface area contributed by atoms with Crippen LogP contribution in [0.25, 0.3) is 0 Å². The number of carbonyl (C=O) groups excluding carboxylic acids is 1. The van der Waals surface area contributed by atoms with Crippen LogP contribution in [0.3, 0.4) is 0 Å². The molecule has 1 saturated heterocycles. The first kappa shape index (κ1) is 11.3. The van der Waals surface area contributed by atoms with Crippen LogP contribution >= 0.6 is 0 Å². The molecule has 0 radical (unpaired) electrons. The van der Waals surface area contributed by atoms with Gasteiger partial charge in [0, 0.05) is 12.0 Å². The first-order valence-electron chi connectivity index (χ1n) is 5.75. The standard InChI is InChI=1S/C13H16FNO/c14-12-4-2-11(3-5-12)13(16)6-1-10-7-8-15-9-10/h2-5,10,15H,1,6-9H2. The van der Waals surface area contributed by atoms with Crippen molar-refractivity contribution in [2.24, 2.45) is 5.92 Å². The molecule has 1 aliphatic heterocycles. The number of hydrogen-bond donors (Lipinski definition) is 1. The van der Waals surface area contributed by atoms with Crippen molar-refractivity contribution in [2.45, 2.75) is 19.3 Å². The highest BCUT2D eigenvalue weighted by atomic mass is 19.1. The average Bonchev–Trinajstić information content (AvgIpc) is 2.80. The molecule has 0 amide bonds. The Kier molecular flexibility index (Phi) is 3.67. The molecular weight excluding hydrogens is 205 g/mol. The van der Waals surface area contributed by atoms with Gasteiger partial charge in [0.2, 0.25) is 0 Å². The molecule has 1 heterocycles. The number of carbonyl (C=O) groups is 1. The van der Waals surface area contributed by atoms with E-state index in [9.17, 15) is 9.18 Å². The molecule has 2 nitrogen and oxygen atoms in total. The monoisotopic (exact) mass is 221 g/mol. The summed E-state index contributed by atoms with van der Waals surface area (Å²) in [5.74, 6) is 0.452. The van der Waals surface area contributed by atoms with Gasteiger partial charge in [0.15, 0.2) is 5.78 Å². The van der Waals surface area contributed by atoms with Gasteiger partial charge < -0.3 is 5.32 Å². The molecule has 0 aromatic heterocycles. The molecule has 0 aliphatic carbocycles. The molecule has 1 atom stereocenters. The Balaban J connectivity index is 1.85. The van der Waals surface area contributed by atoms with E-state index in [4.69, 9.17) is 0 Å². The fraction of sp³-hybridized carbons (Fsp3) is 0.462. The lowest BCUT2D eigenvalue weighted by Gasteiger charge is -2.06. The second kappa shape index (κ2) is 5.21. The van der Waals surface area contributed by atoms with Crippen LogP contribution in [0.2, 0.25) is 0 Å². The van der Waals surface area contributed by atoms with E-state index in [2.05, 4.69) is 5.32 Å². The first-order valence-corrected chi connectivity index (χ1v) is 5.75. The highest BCUT2D eigenvalue weighted by molar-refractivity contribution is 5.95. The summed E-state index contributed by atoms with van der Waals surface area (Å²) < 4.78 is 12.7. The van der Waals surface area contributed by atoms with Gasteiger partial charge in [-0.05, 0) is 56.1 Å². The zero-order valence-corrected chi connectivity index (χ0v) is 9.21. The average molecular weight is 221 g/mol. The first-order chi connectivity index (χ1) is 7.75. The SMILES string of the molecule is O=C(CCC1CCNC1)c1ccc(F)cc1. The molecular formula is C13H16FNO. The highest BCUT2D eigenvalue weighted by Crippen LogP contribution is 2.16. The number of ketones is 1. The molecule has 1 fully saturated rings. The summed E-state index contributed by atoms with van der Waals surface area (Å²) in [5.41, 5.74) is 0.618. The summed E-state index contributed by atoms with van der Waals surface area (Å²) in [4.78, 5) is 11.8. The summed E-state index contributed by atoms with van der Waals surface area (Å²) in [6.07, 6.45) is 2.66. The van der Waals surface area contributed by atoms with Crippen LogP contribution in [0.15, 0.2) is 24.3 Å². The Hall–Kier alpha value is -1.22. The Morgan fingerprint density at radius 3 is 2.75 bits per heavy atom. The van der Waals surface area contributed by atoms with Gasteiger partial charge in [0.25, 0.3) is 0 Å². The molecule has 2 rings (SSSR count). The highest BCUT2D eigenvalue weighted by Gasteiger charge is 2.16. The third-order valence-corrected chi connectivity index (χ3v) is 3.11. The van der Waals surface area contributed by atoms with Gasteiger partial charge in [0.05, 0.1) is 0 Å². The van der Waals surface area contributed by atoms with E-state index in [1.807, 2.05) is 0 Å². The minimum absolute atomic E-state index is 0.118. The number of nitrogens with one attached hydrogen (secondary N) is 1. The summed E-state index contributed by atoms with van der Waals surface area (Å²) in [6.45, 7) is 2.09. The third-order valence-electron chi connectivity index (χ3n) is 3.11. The van der Waals surface area contributed by atoms with Gasteiger partial charge in [-0.3, -0.25) is 4.79 Å². The topological polar surface area (TPSA) is 29.1 Å². The third kappa shape index (κ3) is 2.89. The molecule has 1 aromatic carbocycles. The Bertz CT molecular complexity index is 355. The fourth-order valence-corrected chi connectivity index (χ4v) is 2.08. The van der Waals surface area contributed by atoms with Gasteiger partial charge in [-0.2, -0.15) is 0 Å².